The number of ether oxygens (including phenoxy) is 3. The van der Waals surface area contributed by atoms with Crippen LogP contribution in [0, 0.1) is 28.6 Å². The quantitative estimate of drug-likeness (QED) is 0.237. The molecular formula is C32H46O7. The molecule has 39 heavy (non-hydrogen) atoms. The van der Waals surface area contributed by atoms with E-state index >= 15 is 0 Å². The van der Waals surface area contributed by atoms with Crippen LogP contribution in [0.25, 0.3) is 0 Å². The van der Waals surface area contributed by atoms with Crippen molar-refractivity contribution in [3.05, 3.63) is 23.3 Å². The molecule has 7 heteroatoms. The Balaban J connectivity index is 1.72. The molecule has 4 aliphatic carbocycles. The molecule has 4 rings (SSSR count). The first kappa shape index (κ1) is 29.5. The minimum atomic E-state index is -0.625. The predicted octanol–water partition coefficient (Wildman–Crippen LogP) is 6.04. The minimum absolute atomic E-state index is 0.0240. The van der Waals surface area contributed by atoms with Crippen LogP contribution in [0.1, 0.15) is 106 Å². The molecule has 0 aliphatic heterocycles. The first-order chi connectivity index (χ1) is 18.2. The van der Waals surface area contributed by atoms with Crippen LogP contribution in [0.15, 0.2) is 23.3 Å². The first-order valence-electron chi connectivity index (χ1n) is 14.7. The second-order valence-corrected chi connectivity index (χ2v) is 13.3. The number of carbonyl (C=O) groups is 4. The maximum atomic E-state index is 13.3. The predicted molar refractivity (Wildman–Crippen MR) is 146 cm³/mol. The van der Waals surface area contributed by atoms with Gasteiger partial charge in [-0.2, -0.15) is 0 Å². The molecule has 3 saturated carbocycles. The van der Waals surface area contributed by atoms with Gasteiger partial charge in [-0.3, -0.25) is 19.2 Å². The molecule has 0 amide bonds. The van der Waals surface area contributed by atoms with Gasteiger partial charge in [0.05, 0.1) is 0 Å². The summed E-state index contributed by atoms with van der Waals surface area (Å²) in [6.07, 6.45) is 6.39. The lowest BCUT2D eigenvalue weighted by Crippen LogP contribution is -2.58. The maximum absolute atomic E-state index is 13.3. The molecular weight excluding hydrogens is 496 g/mol. The molecule has 0 N–H and O–H groups in total. The third-order valence-electron chi connectivity index (χ3n) is 10.2. The van der Waals surface area contributed by atoms with Crippen molar-refractivity contribution >= 4 is 23.7 Å². The number of hydrogen-bond acceptors (Lipinski definition) is 7. The molecule has 2 bridgehead atoms. The number of carbonyl (C=O) groups excluding carboxylic acids is 4. The largest absolute Gasteiger partial charge is 0.462 e. The van der Waals surface area contributed by atoms with Gasteiger partial charge in [0.1, 0.15) is 18.3 Å². The van der Waals surface area contributed by atoms with Gasteiger partial charge in [0.2, 0.25) is 0 Å². The van der Waals surface area contributed by atoms with E-state index in [1.54, 1.807) is 0 Å². The molecule has 0 heterocycles. The van der Waals surface area contributed by atoms with Crippen LogP contribution in [-0.2, 0) is 33.4 Å². The number of rotatable bonds is 5. The molecule has 0 unspecified atom stereocenters. The number of fused-ring (bicyclic) bond motifs is 3. The Labute approximate surface area is 233 Å². The van der Waals surface area contributed by atoms with Crippen LogP contribution in [0.5, 0.6) is 0 Å². The van der Waals surface area contributed by atoms with E-state index in [1.807, 2.05) is 20.8 Å². The van der Waals surface area contributed by atoms with Crippen molar-refractivity contribution < 1.29 is 33.4 Å². The zero-order valence-corrected chi connectivity index (χ0v) is 24.6. The van der Waals surface area contributed by atoms with Crippen LogP contribution < -0.4 is 0 Å². The molecule has 0 radical (unpaired) electrons. The highest BCUT2D eigenvalue weighted by Crippen LogP contribution is 2.59. The summed E-state index contributed by atoms with van der Waals surface area (Å²) in [5, 5.41) is 0. The van der Waals surface area contributed by atoms with Gasteiger partial charge in [-0.05, 0) is 72.5 Å². The van der Waals surface area contributed by atoms with Gasteiger partial charge in [0.15, 0.2) is 5.78 Å². The van der Waals surface area contributed by atoms with E-state index in [9.17, 15) is 19.2 Å². The first-order valence-corrected chi connectivity index (χ1v) is 14.7. The lowest BCUT2D eigenvalue weighted by molar-refractivity contribution is -0.173. The number of hydrogen-bond donors (Lipinski definition) is 0. The highest BCUT2D eigenvalue weighted by Gasteiger charge is 2.59. The van der Waals surface area contributed by atoms with Crippen molar-refractivity contribution in [3.8, 4) is 0 Å². The summed E-state index contributed by atoms with van der Waals surface area (Å²) in [5.41, 5.74) is 1.15. The highest BCUT2D eigenvalue weighted by atomic mass is 16.6. The molecule has 0 aromatic heterocycles. The molecule has 7 nitrogen and oxygen atoms in total. The Morgan fingerprint density at radius 2 is 1.56 bits per heavy atom. The number of ketones is 1. The fourth-order valence-corrected chi connectivity index (χ4v) is 8.28. The van der Waals surface area contributed by atoms with E-state index in [-0.39, 0.29) is 30.0 Å². The molecule has 0 aromatic rings. The number of Topliss-reactive ketones (excluding diaryl/α,β-unsaturated/α-hetero) is 1. The number of esters is 3. The van der Waals surface area contributed by atoms with Gasteiger partial charge in [-0.25, -0.2) is 0 Å². The van der Waals surface area contributed by atoms with Crippen LogP contribution >= 0.6 is 0 Å². The van der Waals surface area contributed by atoms with Gasteiger partial charge >= 0.3 is 17.9 Å². The van der Waals surface area contributed by atoms with Crippen molar-refractivity contribution in [2.75, 3.05) is 0 Å². The average Bonchev–Trinajstić information content (AvgIpc) is 2.82. The molecule has 0 aromatic carbocycles. The normalized spacial score (nSPS) is 34.9. The zero-order valence-electron chi connectivity index (χ0n) is 24.6. The van der Waals surface area contributed by atoms with Crippen LogP contribution in [-0.4, -0.2) is 42.0 Å². The Morgan fingerprint density at radius 1 is 0.923 bits per heavy atom. The molecule has 6 atom stereocenters. The summed E-state index contributed by atoms with van der Waals surface area (Å²) < 4.78 is 18.1. The summed E-state index contributed by atoms with van der Waals surface area (Å²) in [7, 11) is 0. The van der Waals surface area contributed by atoms with E-state index in [1.165, 1.54) is 20.3 Å². The average molecular weight is 543 g/mol. The van der Waals surface area contributed by atoms with Crippen molar-refractivity contribution in [2.45, 2.75) is 124 Å². The fraction of sp³-hybridized carbons (Fsp3) is 0.750. The summed E-state index contributed by atoms with van der Waals surface area (Å²) in [6.45, 7) is 15.3. The van der Waals surface area contributed by atoms with Gasteiger partial charge in [0.25, 0.3) is 0 Å². The Bertz CT molecular complexity index is 1060. The number of allylic oxidation sites excluding steroid dienone is 1. The van der Waals surface area contributed by atoms with Crippen molar-refractivity contribution in [2.24, 2.45) is 28.6 Å². The highest BCUT2D eigenvalue weighted by molar-refractivity contribution is 5.97. The van der Waals surface area contributed by atoms with Crippen molar-refractivity contribution in [3.63, 3.8) is 0 Å². The van der Waals surface area contributed by atoms with Crippen LogP contribution in [0.2, 0.25) is 0 Å². The summed E-state index contributed by atoms with van der Waals surface area (Å²) >= 11 is 0. The van der Waals surface area contributed by atoms with E-state index in [4.69, 9.17) is 14.2 Å². The molecule has 4 aliphatic rings. The molecule has 3 fully saturated rings. The second kappa shape index (κ2) is 11.2. The van der Waals surface area contributed by atoms with Crippen LogP contribution in [0.4, 0.5) is 0 Å². The lowest BCUT2D eigenvalue weighted by atomic mass is 9.50. The van der Waals surface area contributed by atoms with Gasteiger partial charge in [-0.1, -0.05) is 46.6 Å². The lowest BCUT2D eigenvalue weighted by Gasteiger charge is -2.57. The SMILES string of the molecule is C=C1[C@@H](OC(=O)CC2CCCCC2)CC[C@@]2(C)C[C@H](OC(C)=O)C3=C(C)C(=O)C[C@@H]([C@@H](OC(C)=O)[C@H]12)C3(C)C. The third kappa shape index (κ3) is 5.88. The molecule has 0 saturated heterocycles. The third-order valence-corrected chi connectivity index (χ3v) is 10.2. The second-order valence-electron chi connectivity index (χ2n) is 13.3. The van der Waals surface area contributed by atoms with E-state index < -0.39 is 41.1 Å². The standard InChI is InChI=1S/C32H46O7/c1-18-24(35)16-23-30(38-21(4)34)29-19(2)25(39-27(36)15-22-11-9-8-10-12-22)13-14-32(29,7)17-26(37-20(3)33)28(18)31(23,5)6/h22-23,25-26,29-30H,2,8-17H2,1,3-7H3/t23-,25-,26-,29-,30+,32-/m0/s1. The Morgan fingerprint density at radius 3 is 2.18 bits per heavy atom. The van der Waals surface area contributed by atoms with E-state index in [0.717, 1.165) is 36.8 Å². The summed E-state index contributed by atoms with van der Waals surface area (Å²) in [4.78, 5) is 51.1. The van der Waals surface area contributed by atoms with Crippen molar-refractivity contribution in [1.82, 2.24) is 0 Å². The van der Waals surface area contributed by atoms with Crippen molar-refractivity contribution in [1.29, 1.82) is 0 Å². The monoisotopic (exact) mass is 542 g/mol. The zero-order chi connectivity index (χ0) is 28.7. The fourth-order valence-electron chi connectivity index (χ4n) is 8.28. The van der Waals surface area contributed by atoms with Crippen LogP contribution in [0.3, 0.4) is 0 Å². The summed E-state index contributed by atoms with van der Waals surface area (Å²) in [5.74, 6) is -1.37. The van der Waals surface area contributed by atoms with Gasteiger partial charge < -0.3 is 14.2 Å². The minimum Gasteiger partial charge on any atom is -0.462 e. The van der Waals surface area contributed by atoms with E-state index in [0.29, 0.717) is 37.2 Å². The topological polar surface area (TPSA) is 96.0 Å². The molecule has 0 spiro atoms. The van der Waals surface area contributed by atoms with E-state index in [2.05, 4.69) is 13.5 Å². The smallest absolute Gasteiger partial charge is 0.306 e. The van der Waals surface area contributed by atoms with Gasteiger partial charge in [-0.15, -0.1) is 0 Å². The van der Waals surface area contributed by atoms with Gasteiger partial charge in [0, 0.05) is 38.5 Å². The molecule has 216 valence electrons. The maximum Gasteiger partial charge on any atom is 0.306 e. The Hall–Kier alpha value is -2.44. The summed E-state index contributed by atoms with van der Waals surface area (Å²) in [6, 6.07) is 0. The Kier molecular flexibility index (Phi) is 8.49.